The third-order valence-corrected chi connectivity index (χ3v) is 4.55. The van der Waals surface area contributed by atoms with Crippen molar-refractivity contribution in [1.29, 1.82) is 0 Å². The van der Waals surface area contributed by atoms with Crippen LogP contribution in [-0.2, 0) is 13.8 Å². The van der Waals surface area contributed by atoms with Crippen LogP contribution < -0.4 is 0 Å². The van der Waals surface area contributed by atoms with Gasteiger partial charge in [-0.3, -0.25) is 4.79 Å². The summed E-state index contributed by atoms with van der Waals surface area (Å²) in [7, 11) is 1.34. The van der Waals surface area contributed by atoms with Crippen molar-refractivity contribution in [3.63, 3.8) is 0 Å². The van der Waals surface area contributed by atoms with Crippen molar-refractivity contribution < 1.29 is 18.3 Å². The van der Waals surface area contributed by atoms with E-state index in [0.717, 1.165) is 0 Å². The van der Waals surface area contributed by atoms with Gasteiger partial charge in [-0.1, -0.05) is 30.3 Å². The summed E-state index contributed by atoms with van der Waals surface area (Å²) in [6.07, 6.45) is 0. The molecular formula is C11H13ClO4S. The Morgan fingerprint density at radius 3 is 2.12 bits per heavy atom. The average molecular weight is 277 g/mol. The molecule has 0 fully saturated rings. The monoisotopic (exact) mass is 276 g/mol. The Bertz CT molecular complexity index is 508. The van der Waals surface area contributed by atoms with Gasteiger partial charge in [-0.25, -0.2) is 8.42 Å². The summed E-state index contributed by atoms with van der Waals surface area (Å²) in [4.78, 5) is 11.2. The third kappa shape index (κ3) is 2.98. The summed E-state index contributed by atoms with van der Waals surface area (Å²) in [5.41, 5.74) is -1.13. The van der Waals surface area contributed by atoms with Crippen molar-refractivity contribution >= 4 is 25.7 Å². The van der Waals surface area contributed by atoms with Gasteiger partial charge in [0.15, 0.2) is 0 Å². The molecule has 0 aliphatic heterocycles. The summed E-state index contributed by atoms with van der Waals surface area (Å²) in [5.74, 6) is -1.21. The van der Waals surface area contributed by atoms with Gasteiger partial charge < -0.3 is 5.11 Å². The zero-order valence-electron chi connectivity index (χ0n) is 9.42. The molecule has 0 saturated carbocycles. The van der Waals surface area contributed by atoms with E-state index < -0.39 is 25.7 Å². The highest BCUT2D eigenvalue weighted by Crippen LogP contribution is 2.41. The second-order valence-electron chi connectivity index (χ2n) is 4.29. The van der Waals surface area contributed by atoms with Crippen molar-refractivity contribution in [2.75, 3.05) is 0 Å². The molecule has 0 aliphatic rings. The normalized spacial score (nSPS) is 14.3. The summed E-state index contributed by atoms with van der Waals surface area (Å²) in [6.45, 7) is 2.68. The van der Waals surface area contributed by atoms with Crippen LogP contribution in [0.4, 0.5) is 0 Å². The smallest absolute Gasteiger partial charge is 0.310 e. The number of rotatable bonds is 4. The first kappa shape index (κ1) is 14.0. The van der Waals surface area contributed by atoms with Crippen molar-refractivity contribution in [2.45, 2.75) is 19.1 Å². The molecule has 17 heavy (non-hydrogen) atoms. The predicted molar refractivity (Wildman–Crippen MR) is 65.4 cm³/mol. The quantitative estimate of drug-likeness (QED) is 0.857. The Hall–Kier alpha value is -1.07. The largest absolute Gasteiger partial charge is 0.481 e. The first-order valence-electron chi connectivity index (χ1n) is 4.89. The van der Waals surface area contributed by atoms with Crippen molar-refractivity contribution in [3.8, 4) is 0 Å². The lowest BCUT2D eigenvalue weighted by molar-refractivity contribution is -0.147. The number of carbonyl (C=O) groups is 1. The molecule has 1 aromatic rings. The molecule has 0 bridgehead atoms. The molecular weight excluding hydrogens is 264 g/mol. The Kier molecular flexibility index (Phi) is 3.84. The summed E-state index contributed by atoms with van der Waals surface area (Å²) < 4.78 is 23.2. The van der Waals surface area contributed by atoms with E-state index in [0.29, 0.717) is 5.56 Å². The molecule has 1 atom stereocenters. The van der Waals surface area contributed by atoms with Gasteiger partial charge in [-0.15, -0.1) is 0 Å². The van der Waals surface area contributed by atoms with Crippen LogP contribution in [0.1, 0.15) is 24.7 Å². The maximum absolute atomic E-state index is 11.6. The first-order chi connectivity index (χ1) is 7.67. The van der Waals surface area contributed by atoms with Crippen LogP contribution in [0.15, 0.2) is 30.3 Å². The maximum atomic E-state index is 11.6. The molecule has 1 unspecified atom stereocenters. The minimum Gasteiger partial charge on any atom is -0.481 e. The van der Waals surface area contributed by atoms with E-state index in [1.54, 1.807) is 30.3 Å². The molecule has 4 nitrogen and oxygen atoms in total. The molecule has 94 valence electrons. The number of aliphatic carboxylic acids is 1. The number of carboxylic acid groups (broad SMARTS) is 1. The fourth-order valence-electron chi connectivity index (χ4n) is 1.67. The Morgan fingerprint density at radius 2 is 1.76 bits per heavy atom. The molecule has 6 heteroatoms. The van der Waals surface area contributed by atoms with E-state index in [-0.39, 0.29) is 0 Å². The summed E-state index contributed by atoms with van der Waals surface area (Å²) in [6, 6.07) is 8.10. The SMILES string of the molecule is CC(C)(C(=O)O)C(c1ccccc1)S(=O)(=O)Cl. The summed E-state index contributed by atoms with van der Waals surface area (Å²) >= 11 is 0. The highest BCUT2D eigenvalue weighted by Gasteiger charge is 2.45. The van der Waals surface area contributed by atoms with Gasteiger partial charge in [-0.2, -0.15) is 0 Å². The minimum atomic E-state index is -4.03. The molecule has 0 amide bonds. The van der Waals surface area contributed by atoms with E-state index in [1.807, 2.05) is 0 Å². The molecule has 1 N–H and O–H groups in total. The third-order valence-electron chi connectivity index (χ3n) is 2.59. The molecule has 0 saturated heterocycles. The van der Waals surface area contributed by atoms with Crippen LogP contribution in [0.3, 0.4) is 0 Å². The van der Waals surface area contributed by atoms with E-state index in [9.17, 15) is 13.2 Å². The van der Waals surface area contributed by atoms with E-state index in [4.69, 9.17) is 15.8 Å². The average Bonchev–Trinajstić information content (AvgIpc) is 2.16. The standard InChI is InChI=1S/C11H13ClO4S/c1-11(2,10(13)14)9(17(12,15)16)8-6-4-3-5-7-8/h3-7,9H,1-2H3,(H,13,14). The molecule has 0 radical (unpaired) electrons. The second-order valence-corrected chi connectivity index (χ2v) is 7.01. The van der Waals surface area contributed by atoms with Crippen molar-refractivity contribution in [1.82, 2.24) is 0 Å². The Balaban J connectivity index is 3.40. The number of halogens is 1. The molecule has 0 aromatic heterocycles. The molecule has 0 spiro atoms. The van der Waals surface area contributed by atoms with Gasteiger partial charge in [0.05, 0.1) is 5.41 Å². The zero-order valence-corrected chi connectivity index (χ0v) is 11.0. The van der Waals surface area contributed by atoms with Gasteiger partial charge in [0.25, 0.3) is 0 Å². The second kappa shape index (κ2) is 4.66. The van der Waals surface area contributed by atoms with Crippen LogP contribution in [-0.4, -0.2) is 19.5 Å². The number of carboxylic acids is 1. The highest BCUT2D eigenvalue weighted by atomic mass is 35.7. The first-order valence-corrected chi connectivity index (χ1v) is 7.26. The molecule has 1 aromatic carbocycles. The fourth-order valence-corrected chi connectivity index (χ4v) is 3.93. The van der Waals surface area contributed by atoms with Crippen LogP contribution in [0.5, 0.6) is 0 Å². The lowest BCUT2D eigenvalue weighted by atomic mass is 9.85. The predicted octanol–water partition coefficient (Wildman–Crippen LogP) is 2.41. The molecule has 1 rings (SSSR count). The Labute approximate surface area is 105 Å². The summed E-state index contributed by atoms with van der Waals surface area (Å²) in [5, 5.41) is 7.83. The molecule has 0 aliphatic carbocycles. The lowest BCUT2D eigenvalue weighted by Crippen LogP contribution is -2.34. The van der Waals surface area contributed by atoms with Gasteiger partial charge in [-0.05, 0) is 19.4 Å². The minimum absolute atomic E-state index is 0.370. The van der Waals surface area contributed by atoms with Gasteiger partial charge >= 0.3 is 5.97 Å². The Morgan fingerprint density at radius 1 is 1.29 bits per heavy atom. The maximum Gasteiger partial charge on any atom is 0.310 e. The van der Waals surface area contributed by atoms with E-state index >= 15 is 0 Å². The van der Waals surface area contributed by atoms with E-state index in [2.05, 4.69) is 0 Å². The van der Waals surface area contributed by atoms with Crippen LogP contribution in [0, 0.1) is 5.41 Å². The van der Waals surface area contributed by atoms with Gasteiger partial charge in [0.1, 0.15) is 5.25 Å². The van der Waals surface area contributed by atoms with Crippen LogP contribution in [0.25, 0.3) is 0 Å². The van der Waals surface area contributed by atoms with Crippen molar-refractivity contribution in [3.05, 3.63) is 35.9 Å². The van der Waals surface area contributed by atoms with Crippen molar-refractivity contribution in [2.24, 2.45) is 5.41 Å². The van der Waals surface area contributed by atoms with Gasteiger partial charge in [0.2, 0.25) is 9.05 Å². The number of hydrogen-bond acceptors (Lipinski definition) is 3. The van der Waals surface area contributed by atoms with Crippen LogP contribution in [0.2, 0.25) is 0 Å². The number of hydrogen-bond donors (Lipinski definition) is 1. The zero-order chi connectivity index (χ0) is 13.3. The topological polar surface area (TPSA) is 71.4 Å². The highest BCUT2D eigenvalue weighted by molar-refractivity contribution is 8.14. The lowest BCUT2D eigenvalue weighted by Gasteiger charge is -2.28. The van der Waals surface area contributed by atoms with Crippen LogP contribution >= 0.6 is 10.7 Å². The van der Waals surface area contributed by atoms with E-state index in [1.165, 1.54) is 13.8 Å². The number of benzene rings is 1. The fraction of sp³-hybridized carbons (Fsp3) is 0.364. The molecule has 0 heterocycles. The van der Waals surface area contributed by atoms with Gasteiger partial charge in [0, 0.05) is 10.7 Å².